The monoisotopic (exact) mass is 502 g/mol. The maximum Gasteiger partial charge on any atom is 0.333 e. The van der Waals surface area contributed by atoms with Gasteiger partial charge in [0.05, 0.1) is 0 Å². The first kappa shape index (κ1) is 32.7. The average Bonchev–Trinajstić information content (AvgIpc) is 2.85. The molecule has 196 valence electrons. The smallest absolute Gasteiger partial charge is 0.333 e. The Hall–Kier alpha value is -2.27. The fourth-order valence-corrected chi connectivity index (χ4v) is 3.25. The Kier molecular flexibility index (Phi) is 20.8. The number of thiol groups is 1. The topological polar surface area (TPSA) is 52.6 Å². The molecule has 5 heteroatoms. The van der Waals surface area contributed by atoms with Crippen molar-refractivity contribution in [3.8, 4) is 0 Å². The number of hydrogen-bond acceptors (Lipinski definition) is 5. The van der Waals surface area contributed by atoms with E-state index in [0.29, 0.717) is 0 Å². The van der Waals surface area contributed by atoms with Crippen molar-refractivity contribution in [1.82, 2.24) is 0 Å². The fraction of sp³-hybridized carbons (Fsp3) is 0.533. The molecule has 1 aromatic carbocycles. The molecule has 35 heavy (non-hydrogen) atoms. The molecule has 1 unspecified atom stereocenters. The lowest BCUT2D eigenvalue weighted by Crippen LogP contribution is -2.24. The molecule has 0 N–H and O–H groups in total. The van der Waals surface area contributed by atoms with Crippen LogP contribution in [0.4, 0.5) is 0 Å². The largest absolute Gasteiger partial charge is 0.458 e. The summed E-state index contributed by atoms with van der Waals surface area (Å²) >= 11 is 4.20. The first-order valence-electron chi connectivity index (χ1n) is 12.8. The molecule has 4 nitrogen and oxygen atoms in total. The highest BCUT2D eigenvalue weighted by Crippen LogP contribution is 2.10. The molecule has 0 bridgehead atoms. The number of hydrogen-bond donors (Lipinski definition) is 1. The summed E-state index contributed by atoms with van der Waals surface area (Å²) in [5.74, 6) is 0.00909. The predicted octanol–water partition coefficient (Wildman–Crippen LogP) is 8.14. The number of esters is 2. The van der Waals surface area contributed by atoms with Crippen LogP contribution in [0.2, 0.25) is 0 Å². The zero-order chi connectivity index (χ0) is 26.3. The molecule has 0 fully saturated rings. The predicted molar refractivity (Wildman–Crippen MR) is 152 cm³/mol. The van der Waals surface area contributed by atoms with Gasteiger partial charge in [-0.1, -0.05) is 114 Å². The van der Waals surface area contributed by atoms with E-state index in [0.717, 1.165) is 11.3 Å². The summed E-state index contributed by atoms with van der Waals surface area (Å²) in [6.07, 6.45) is 17.0. The SMILES string of the molecule is C=C(C)C(=O)OCC(C=Cc1ccccc1)OC(=O)C(=C)C.CCCCCCCCCCCCS. The maximum atomic E-state index is 11.6. The molecule has 0 aliphatic rings. The van der Waals surface area contributed by atoms with Crippen LogP contribution < -0.4 is 0 Å². The number of carbonyl (C=O) groups excluding carboxylic acids is 2. The zero-order valence-corrected chi connectivity index (χ0v) is 23.0. The Labute approximate surface area is 219 Å². The lowest BCUT2D eigenvalue weighted by atomic mass is 10.1. The van der Waals surface area contributed by atoms with Crippen molar-refractivity contribution in [2.75, 3.05) is 12.4 Å². The van der Waals surface area contributed by atoms with E-state index in [1.807, 2.05) is 30.3 Å². The molecular formula is C30H46O4S. The number of ether oxygens (including phenoxy) is 2. The third-order valence-corrected chi connectivity index (χ3v) is 5.46. The number of benzene rings is 1. The molecule has 0 aromatic heterocycles. The number of unbranched alkanes of at least 4 members (excludes halogenated alkanes) is 9. The van der Waals surface area contributed by atoms with Gasteiger partial charge in [0.25, 0.3) is 0 Å². The third kappa shape index (κ3) is 19.7. The van der Waals surface area contributed by atoms with Crippen LogP contribution in [-0.2, 0) is 19.1 Å². The molecule has 1 aromatic rings. The Bertz CT molecular complexity index is 745. The van der Waals surface area contributed by atoms with Crippen LogP contribution in [-0.4, -0.2) is 30.4 Å². The van der Waals surface area contributed by atoms with Crippen molar-refractivity contribution in [2.45, 2.75) is 91.1 Å². The van der Waals surface area contributed by atoms with E-state index in [2.05, 4.69) is 32.7 Å². The van der Waals surface area contributed by atoms with Crippen LogP contribution in [0.15, 0.2) is 60.7 Å². The van der Waals surface area contributed by atoms with E-state index in [-0.39, 0.29) is 17.8 Å². The minimum Gasteiger partial charge on any atom is -0.458 e. The van der Waals surface area contributed by atoms with Crippen molar-refractivity contribution in [2.24, 2.45) is 0 Å². The lowest BCUT2D eigenvalue weighted by molar-refractivity contribution is -0.151. The van der Waals surface area contributed by atoms with Gasteiger partial charge in [0.15, 0.2) is 6.10 Å². The minimum absolute atomic E-state index is 0.0754. The van der Waals surface area contributed by atoms with E-state index in [1.165, 1.54) is 64.2 Å². The quantitative estimate of drug-likeness (QED) is 0.101. The van der Waals surface area contributed by atoms with Crippen molar-refractivity contribution in [3.63, 3.8) is 0 Å². The van der Waals surface area contributed by atoms with Crippen LogP contribution in [0.25, 0.3) is 6.08 Å². The summed E-state index contributed by atoms with van der Waals surface area (Å²) in [7, 11) is 0. The first-order valence-corrected chi connectivity index (χ1v) is 13.5. The van der Waals surface area contributed by atoms with E-state index in [1.54, 1.807) is 26.0 Å². The average molecular weight is 503 g/mol. The van der Waals surface area contributed by atoms with E-state index < -0.39 is 18.0 Å². The van der Waals surface area contributed by atoms with E-state index in [9.17, 15) is 9.59 Å². The first-order chi connectivity index (χ1) is 16.8. The van der Waals surface area contributed by atoms with Gasteiger partial charge in [0.2, 0.25) is 0 Å². The highest BCUT2D eigenvalue weighted by atomic mass is 32.1. The highest BCUT2D eigenvalue weighted by molar-refractivity contribution is 7.80. The molecule has 1 atom stereocenters. The summed E-state index contributed by atoms with van der Waals surface area (Å²) in [5, 5.41) is 0. The highest BCUT2D eigenvalue weighted by Gasteiger charge is 2.15. The lowest BCUT2D eigenvalue weighted by Gasteiger charge is -2.15. The van der Waals surface area contributed by atoms with Gasteiger partial charge >= 0.3 is 11.9 Å². The van der Waals surface area contributed by atoms with Gasteiger partial charge in [-0.15, -0.1) is 0 Å². The molecule has 0 heterocycles. The second-order valence-corrected chi connectivity index (χ2v) is 9.23. The van der Waals surface area contributed by atoms with Gasteiger partial charge in [-0.05, 0) is 37.7 Å². The molecule has 0 saturated heterocycles. The molecule has 0 aliphatic heterocycles. The number of carbonyl (C=O) groups is 2. The summed E-state index contributed by atoms with van der Waals surface area (Å²) < 4.78 is 10.3. The summed E-state index contributed by atoms with van der Waals surface area (Å²) in [6.45, 7) is 12.3. The molecule has 1 rings (SSSR count). The normalized spacial score (nSPS) is 11.3. The van der Waals surface area contributed by atoms with Crippen LogP contribution >= 0.6 is 12.6 Å². The van der Waals surface area contributed by atoms with E-state index >= 15 is 0 Å². The zero-order valence-electron chi connectivity index (χ0n) is 22.1. The van der Waals surface area contributed by atoms with Crippen LogP contribution in [0.1, 0.15) is 90.5 Å². The molecule has 0 spiro atoms. The molecular weight excluding hydrogens is 456 g/mol. The molecule has 0 radical (unpaired) electrons. The van der Waals surface area contributed by atoms with Gasteiger partial charge in [-0.25, -0.2) is 9.59 Å². The molecule has 0 saturated carbocycles. The van der Waals surface area contributed by atoms with Gasteiger partial charge < -0.3 is 9.47 Å². The Morgan fingerprint density at radius 3 is 1.86 bits per heavy atom. The number of rotatable bonds is 17. The van der Waals surface area contributed by atoms with E-state index in [4.69, 9.17) is 9.47 Å². The van der Waals surface area contributed by atoms with Crippen molar-refractivity contribution in [3.05, 3.63) is 66.3 Å². The summed E-state index contributed by atoms with van der Waals surface area (Å²) in [6, 6.07) is 9.53. The molecule has 0 aliphatic carbocycles. The summed E-state index contributed by atoms with van der Waals surface area (Å²) in [4.78, 5) is 23.1. The maximum absolute atomic E-state index is 11.6. The van der Waals surface area contributed by atoms with Gasteiger partial charge in [0.1, 0.15) is 6.61 Å². The van der Waals surface area contributed by atoms with Crippen LogP contribution in [0.5, 0.6) is 0 Å². The minimum atomic E-state index is -0.687. The fourth-order valence-electron chi connectivity index (χ4n) is 3.03. The molecule has 0 amide bonds. The van der Waals surface area contributed by atoms with Gasteiger partial charge in [0, 0.05) is 11.1 Å². The second-order valence-electron chi connectivity index (χ2n) is 8.78. The standard InChI is InChI=1S/C18H20O4.C12H26S/c1-13(2)17(19)21-12-16(22-18(20)14(3)4)11-10-15-8-6-5-7-9-15;1-2-3-4-5-6-7-8-9-10-11-12-13/h5-11,16H,1,3,12H2,2,4H3;13H,2-12H2,1H3. The Morgan fingerprint density at radius 2 is 1.37 bits per heavy atom. The van der Waals surface area contributed by atoms with Gasteiger partial charge in [-0.3, -0.25) is 0 Å². The Morgan fingerprint density at radius 1 is 0.857 bits per heavy atom. The second kappa shape index (κ2) is 22.2. The third-order valence-electron chi connectivity index (χ3n) is 5.15. The van der Waals surface area contributed by atoms with Gasteiger partial charge in [-0.2, -0.15) is 12.6 Å². The van der Waals surface area contributed by atoms with Crippen molar-refractivity contribution < 1.29 is 19.1 Å². The van der Waals surface area contributed by atoms with Crippen molar-refractivity contribution >= 4 is 30.6 Å². The van der Waals surface area contributed by atoms with Crippen LogP contribution in [0.3, 0.4) is 0 Å². The Balaban J connectivity index is 0.000000761. The summed E-state index contributed by atoms with van der Waals surface area (Å²) in [5.41, 5.74) is 1.52. The van der Waals surface area contributed by atoms with Crippen molar-refractivity contribution in [1.29, 1.82) is 0 Å². The van der Waals surface area contributed by atoms with Crippen LogP contribution in [0, 0.1) is 0 Å².